The van der Waals surface area contributed by atoms with E-state index in [4.69, 9.17) is 39.6 Å². The Hall–Kier alpha value is -2.15. The summed E-state index contributed by atoms with van der Waals surface area (Å²) in [6, 6.07) is 8.58. The van der Waals surface area contributed by atoms with Crippen molar-refractivity contribution in [1.82, 2.24) is 28.9 Å². The van der Waals surface area contributed by atoms with Gasteiger partial charge in [0.05, 0.1) is 0 Å². The number of nitrogens with zero attached hydrogens (tertiary/aromatic N) is 5. The summed E-state index contributed by atoms with van der Waals surface area (Å²) in [5.41, 5.74) is 5.37. The number of sulfonamides is 2. The van der Waals surface area contributed by atoms with Crippen molar-refractivity contribution in [3.05, 3.63) is 65.3 Å². The van der Waals surface area contributed by atoms with Gasteiger partial charge in [-0.3, -0.25) is 0 Å². The van der Waals surface area contributed by atoms with Gasteiger partial charge < -0.3 is 11.1 Å². The van der Waals surface area contributed by atoms with Crippen LogP contribution in [0.5, 0.6) is 0 Å². The zero-order valence-corrected chi connectivity index (χ0v) is 27.4. The summed E-state index contributed by atoms with van der Waals surface area (Å²) < 4.78 is 71.2. The van der Waals surface area contributed by atoms with Gasteiger partial charge in [-0.1, -0.05) is 23.2 Å². The van der Waals surface area contributed by atoms with Crippen LogP contribution in [0.25, 0.3) is 0 Å². The third-order valence-electron chi connectivity index (χ3n) is 6.05. The van der Waals surface area contributed by atoms with Crippen LogP contribution >= 0.6 is 33.9 Å². The second-order valence-corrected chi connectivity index (χ2v) is 16.3. The average molecular weight is 715 g/mol. The minimum absolute atomic E-state index is 0.0523. The number of halogens is 3. The predicted molar refractivity (Wildman–Crippen MR) is 164 cm³/mol. The number of hydrogen-bond donors (Lipinski definition) is 2. The molecule has 0 bridgehead atoms. The predicted octanol–water partition coefficient (Wildman–Crippen LogP) is 2.83. The molecule has 0 atom stereocenters. The fourth-order valence-corrected chi connectivity index (χ4v) is 6.93. The van der Waals surface area contributed by atoms with E-state index in [0.29, 0.717) is 37.1 Å². The van der Waals surface area contributed by atoms with Crippen LogP contribution in [0.3, 0.4) is 0 Å². The van der Waals surface area contributed by atoms with E-state index in [2.05, 4.69) is 20.3 Å². The van der Waals surface area contributed by atoms with Crippen molar-refractivity contribution in [3.63, 3.8) is 0 Å². The summed E-state index contributed by atoms with van der Waals surface area (Å²) in [6.07, 6.45) is 6.94. The molecule has 43 heavy (non-hydrogen) atoms. The monoisotopic (exact) mass is 713 g/mol. The minimum Gasteiger partial charge on any atom is -0.384 e. The van der Waals surface area contributed by atoms with Gasteiger partial charge in [0.25, 0.3) is 9.05 Å². The number of pyridine rings is 3. The quantitative estimate of drug-likeness (QED) is 0.293. The number of nitrogen functional groups attached to an aromatic ring is 1. The Labute approximate surface area is 265 Å². The molecule has 3 N–H and O–H groups in total. The first-order valence-corrected chi connectivity index (χ1v) is 18.8. The normalized spacial score (nSPS) is 16.7. The first kappa shape index (κ1) is 35.3. The van der Waals surface area contributed by atoms with Gasteiger partial charge in [0.15, 0.2) is 0 Å². The van der Waals surface area contributed by atoms with Gasteiger partial charge in [0.2, 0.25) is 20.0 Å². The zero-order chi connectivity index (χ0) is 31.7. The van der Waals surface area contributed by atoms with Gasteiger partial charge >= 0.3 is 0 Å². The summed E-state index contributed by atoms with van der Waals surface area (Å²) >= 11 is 11.0. The summed E-state index contributed by atoms with van der Waals surface area (Å²) in [5, 5.41) is 3.64. The molecule has 0 unspecified atom stereocenters. The van der Waals surface area contributed by atoms with Crippen LogP contribution in [-0.4, -0.2) is 88.1 Å². The summed E-state index contributed by atoms with van der Waals surface area (Å²) in [5.74, 6) is 0.326. The standard InChI is InChI=1S/C8H9ClN2O2S.C8H11N3O2S.C5H3Cl2NO2S.C3H7N/c2*9-8-3-2-7(6-10-8)14(12,13)11-4-1-5-11;6-5-2-1-4(3-8-5)11(7,9)10;1-2-4-3-1/h2-3,6H,1,4-5H2;2-3,6H,1,4-5H2,(H2,9,10);1-3H;4H,1-3H2. The molecule has 236 valence electrons. The first-order chi connectivity index (χ1) is 20.2. The van der Waals surface area contributed by atoms with E-state index in [1.165, 1.54) is 76.9 Å². The van der Waals surface area contributed by atoms with Crippen molar-refractivity contribution < 1.29 is 25.3 Å². The van der Waals surface area contributed by atoms with Crippen LogP contribution in [0, 0.1) is 0 Å². The number of rotatable bonds is 5. The molecule has 0 amide bonds. The van der Waals surface area contributed by atoms with Gasteiger partial charge in [-0.25, -0.2) is 40.2 Å². The Morgan fingerprint density at radius 1 is 0.628 bits per heavy atom. The number of hydrogen-bond acceptors (Lipinski definition) is 11. The van der Waals surface area contributed by atoms with Gasteiger partial charge in [0.1, 0.15) is 30.8 Å². The van der Waals surface area contributed by atoms with Crippen molar-refractivity contribution in [2.75, 3.05) is 45.0 Å². The first-order valence-electron chi connectivity index (χ1n) is 12.8. The largest absolute Gasteiger partial charge is 0.384 e. The van der Waals surface area contributed by atoms with E-state index in [1.807, 2.05) is 0 Å². The summed E-state index contributed by atoms with van der Waals surface area (Å²) in [4.78, 5) is 11.4. The molecule has 3 aliphatic heterocycles. The summed E-state index contributed by atoms with van der Waals surface area (Å²) in [7, 11) is -5.28. The molecule has 0 spiro atoms. The lowest BCUT2D eigenvalue weighted by molar-refractivity contribution is 0.309. The molecule has 0 radical (unpaired) electrons. The van der Waals surface area contributed by atoms with Crippen molar-refractivity contribution in [2.45, 2.75) is 33.9 Å². The third kappa shape index (κ3) is 10.5. The molecule has 0 aliphatic carbocycles. The van der Waals surface area contributed by atoms with E-state index >= 15 is 0 Å². The highest BCUT2D eigenvalue weighted by atomic mass is 35.7. The zero-order valence-electron chi connectivity index (χ0n) is 22.7. The molecule has 6 rings (SSSR count). The van der Waals surface area contributed by atoms with Crippen molar-refractivity contribution in [1.29, 1.82) is 0 Å². The molecular weight excluding hydrogens is 685 g/mol. The number of nitrogens with one attached hydrogen (secondary N) is 1. The second-order valence-electron chi connectivity index (χ2n) is 9.11. The van der Waals surface area contributed by atoms with Crippen LogP contribution in [0.15, 0.2) is 69.7 Å². The third-order valence-corrected chi connectivity index (χ3v) is 11.6. The Kier molecular flexibility index (Phi) is 12.9. The van der Waals surface area contributed by atoms with Crippen molar-refractivity contribution in [2.24, 2.45) is 0 Å². The maximum absolute atomic E-state index is 11.8. The van der Waals surface area contributed by atoms with Gasteiger partial charge in [-0.2, -0.15) is 8.61 Å². The molecule has 19 heteroatoms. The SMILES string of the molecule is C1CNC1.Nc1ccc(S(=O)(=O)N2CCC2)cn1.O=S(=O)(Cl)c1ccc(Cl)nc1.O=S(=O)(c1ccc(Cl)nc1)N1CCC1. The molecule has 0 saturated carbocycles. The van der Waals surface area contributed by atoms with Crippen molar-refractivity contribution in [3.8, 4) is 0 Å². The molecule has 3 fully saturated rings. The highest BCUT2D eigenvalue weighted by Crippen LogP contribution is 2.22. The molecule has 6 heterocycles. The van der Waals surface area contributed by atoms with Crippen LogP contribution < -0.4 is 11.1 Å². The molecule has 3 saturated heterocycles. The Balaban J connectivity index is 0.000000167. The minimum atomic E-state index is -3.67. The Morgan fingerprint density at radius 3 is 1.26 bits per heavy atom. The topological polar surface area (TPSA) is 186 Å². The van der Waals surface area contributed by atoms with E-state index in [1.54, 1.807) is 0 Å². The highest BCUT2D eigenvalue weighted by molar-refractivity contribution is 8.13. The maximum atomic E-state index is 11.8. The molecule has 3 aromatic heterocycles. The Morgan fingerprint density at radius 2 is 1.00 bits per heavy atom. The van der Waals surface area contributed by atoms with Crippen LogP contribution in [-0.2, 0) is 29.1 Å². The smallest absolute Gasteiger partial charge is 0.262 e. The fraction of sp³-hybridized carbons (Fsp3) is 0.375. The van der Waals surface area contributed by atoms with Crippen LogP contribution in [0.4, 0.5) is 5.82 Å². The molecular formula is C24H30Cl3N7O6S3. The molecule has 13 nitrogen and oxygen atoms in total. The van der Waals surface area contributed by atoms with E-state index in [0.717, 1.165) is 19.0 Å². The summed E-state index contributed by atoms with van der Waals surface area (Å²) in [6.45, 7) is 4.91. The lowest BCUT2D eigenvalue weighted by Crippen LogP contribution is -2.41. The van der Waals surface area contributed by atoms with E-state index < -0.39 is 29.1 Å². The van der Waals surface area contributed by atoms with E-state index in [-0.39, 0.29) is 19.8 Å². The van der Waals surface area contributed by atoms with E-state index in [9.17, 15) is 25.3 Å². The maximum Gasteiger partial charge on any atom is 0.262 e. The number of aromatic nitrogens is 3. The van der Waals surface area contributed by atoms with Gasteiger partial charge in [-0.15, -0.1) is 0 Å². The number of nitrogens with two attached hydrogens (primary N) is 1. The molecule has 0 aromatic carbocycles. The number of anilines is 1. The highest BCUT2D eigenvalue weighted by Gasteiger charge is 2.30. The fourth-order valence-electron chi connectivity index (χ4n) is 3.10. The van der Waals surface area contributed by atoms with Crippen LogP contribution in [0.2, 0.25) is 10.3 Å². The van der Waals surface area contributed by atoms with Crippen LogP contribution in [0.1, 0.15) is 19.3 Å². The lowest BCUT2D eigenvalue weighted by atomic mass is 10.3. The van der Waals surface area contributed by atoms with Gasteiger partial charge in [0, 0.05) is 55.5 Å². The lowest BCUT2D eigenvalue weighted by Gasteiger charge is -2.29. The Bertz CT molecular complexity index is 1560. The second kappa shape index (κ2) is 15.7. The molecule has 3 aliphatic rings. The van der Waals surface area contributed by atoms with Crippen molar-refractivity contribution >= 4 is 68.8 Å². The molecule has 3 aromatic rings. The average Bonchev–Trinajstić information content (AvgIpc) is 2.81. The van der Waals surface area contributed by atoms with Gasteiger partial charge in [-0.05, 0) is 68.8 Å².